The molecule has 2 aromatic heterocycles. The lowest BCUT2D eigenvalue weighted by molar-refractivity contribution is 0.0954. The molecule has 0 unspecified atom stereocenters. The number of rotatable bonds is 3. The quantitative estimate of drug-likeness (QED) is 0.665. The molecule has 1 amide bonds. The fourth-order valence-corrected chi connectivity index (χ4v) is 2.82. The van der Waals surface area contributed by atoms with Gasteiger partial charge in [0.05, 0.1) is 11.4 Å². The maximum atomic E-state index is 13.5. The number of hydrogen-bond acceptors (Lipinski definition) is 5. The van der Waals surface area contributed by atoms with Gasteiger partial charge in [-0.3, -0.25) is 10.2 Å². The number of allylic oxidation sites excluding steroid dienone is 3. The molecule has 1 aliphatic rings. The highest BCUT2D eigenvalue weighted by Gasteiger charge is 2.19. The molecule has 27 heavy (non-hydrogen) atoms. The second-order valence-electron chi connectivity index (χ2n) is 6.18. The standard InChI is InChI=1S/C19H17FN6O/c1-11-6-8-16(24-23-11)22-19(27)18-12(2)21-17-9-7-15(25-26(17)18)13-4-3-5-14(20)10-13/h3-10,23-24H,1-2H3,(H,22,27). The molecule has 4 rings (SSSR count). The van der Waals surface area contributed by atoms with Crippen LogP contribution in [0.1, 0.15) is 23.1 Å². The van der Waals surface area contributed by atoms with Crippen LogP contribution in [-0.2, 0) is 0 Å². The lowest BCUT2D eigenvalue weighted by atomic mass is 10.1. The van der Waals surface area contributed by atoms with Gasteiger partial charge in [0.15, 0.2) is 11.3 Å². The first kappa shape index (κ1) is 16.8. The van der Waals surface area contributed by atoms with E-state index in [1.54, 1.807) is 37.3 Å². The third-order valence-electron chi connectivity index (χ3n) is 4.13. The van der Waals surface area contributed by atoms with E-state index in [-0.39, 0.29) is 11.7 Å². The van der Waals surface area contributed by atoms with E-state index in [4.69, 9.17) is 0 Å². The van der Waals surface area contributed by atoms with Crippen LogP contribution in [0.5, 0.6) is 0 Å². The van der Waals surface area contributed by atoms with E-state index in [0.717, 1.165) is 5.70 Å². The van der Waals surface area contributed by atoms with E-state index in [1.165, 1.54) is 16.6 Å². The summed E-state index contributed by atoms with van der Waals surface area (Å²) < 4.78 is 15.0. The lowest BCUT2D eigenvalue weighted by Crippen LogP contribution is -2.40. The van der Waals surface area contributed by atoms with E-state index >= 15 is 0 Å². The first-order chi connectivity index (χ1) is 13.0. The number of fused-ring (bicyclic) bond motifs is 1. The average molecular weight is 364 g/mol. The van der Waals surface area contributed by atoms with Crippen LogP contribution in [0.25, 0.3) is 16.9 Å². The molecule has 136 valence electrons. The molecule has 1 aliphatic heterocycles. The van der Waals surface area contributed by atoms with Gasteiger partial charge in [0.1, 0.15) is 11.6 Å². The van der Waals surface area contributed by atoms with Gasteiger partial charge in [0.25, 0.3) is 5.91 Å². The maximum absolute atomic E-state index is 13.5. The molecule has 0 atom stereocenters. The summed E-state index contributed by atoms with van der Waals surface area (Å²) in [6.07, 6.45) is 3.60. The Morgan fingerprint density at radius 2 is 2.00 bits per heavy atom. The van der Waals surface area contributed by atoms with Crippen molar-refractivity contribution in [2.45, 2.75) is 13.8 Å². The molecule has 0 bridgehead atoms. The van der Waals surface area contributed by atoms with E-state index in [9.17, 15) is 9.18 Å². The number of carbonyl (C=O) groups excluding carboxylic acids is 1. The van der Waals surface area contributed by atoms with Gasteiger partial charge in [-0.25, -0.2) is 13.9 Å². The number of nitrogens with zero attached hydrogens (tertiary/aromatic N) is 3. The van der Waals surface area contributed by atoms with Crippen molar-refractivity contribution < 1.29 is 9.18 Å². The minimum Gasteiger partial charge on any atom is -0.306 e. The van der Waals surface area contributed by atoms with Crippen LogP contribution in [0.15, 0.2) is 60.1 Å². The third kappa shape index (κ3) is 3.24. The van der Waals surface area contributed by atoms with Gasteiger partial charge in [0, 0.05) is 11.3 Å². The Kier molecular flexibility index (Phi) is 4.08. The fraction of sp³-hybridized carbons (Fsp3) is 0.105. The molecular formula is C19H17FN6O. The first-order valence-electron chi connectivity index (χ1n) is 8.35. The Hall–Kier alpha value is -3.68. The number of imidazole rings is 1. The van der Waals surface area contributed by atoms with E-state index in [1.807, 2.05) is 13.0 Å². The molecule has 3 heterocycles. The predicted octanol–water partition coefficient (Wildman–Crippen LogP) is 2.43. The highest BCUT2D eigenvalue weighted by molar-refractivity contribution is 5.95. The Morgan fingerprint density at radius 1 is 1.15 bits per heavy atom. The average Bonchev–Trinajstić information content (AvgIpc) is 2.98. The van der Waals surface area contributed by atoms with Crippen LogP contribution >= 0.6 is 0 Å². The normalized spacial score (nSPS) is 13.4. The molecular weight excluding hydrogens is 347 g/mol. The van der Waals surface area contributed by atoms with Crippen LogP contribution in [0.2, 0.25) is 0 Å². The smallest absolute Gasteiger partial charge is 0.277 e. The van der Waals surface area contributed by atoms with E-state index < -0.39 is 0 Å². The molecule has 0 radical (unpaired) electrons. The van der Waals surface area contributed by atoms with Gasteiger partial charge >= 0.3 is 0 Å². The topological polar surface area (TPSA) is 83.4 Å². The number of nitrogens with one attached hydrogen (secondary N) is 3. The van der Waals surface area contributed by atoms with Crippen molar-refractivity contribution in [3.8, 4) is 11.3 Å². The van der Waals surface area contributed by atoms with Gasteiger partial charge in [-0.15, -0.1) is 0 Å². The maximum Gasteiger partial charge on any atom is 0.277 e. The van der Waals surface area contributed by atoms with Crippen molar-refractivity contribution in [1.82, 2.24) is 30.8 Å². The SMILES string of the molecule is CC1=CC=C(NC(=O)c2c(C)nc3ccc(-c4cccc(F)c4)nn23)NN1. The predicted molar refractivity (Wildman–Crippen MR) is 98.7 cm³/mol. The number of hydrogen-bond donors (Lipinski definition) is 3. The molecule has 7 nitrogen and oxygen atoms in total. The summed E-state index contributed by atoms with van der Waals surface area (Å²) in [4.78, 5) is 17.2. The summed E-state index contributed by atoms with van der Waals surface area (Å²) in [6.45, 7) is 3.64. The Balaban J connectivity index is 1.73. The van der Waals surface area contributed by atoms with Crippen LogP contribution in [0, 0.1) is 12.7 Å². The van der Waals surface area contributed by atoms with Gasteiger partial charge in [0.2, 0.25) is 0 Å². The molecule has 0 spiro atoms. The highest BCUT2D eigenvalue weighted by atomic mass is 19.1. The molecule has 3 aromatic rings. The largest absolute Gasteiger partial charge is 0.306 e. The van der Waals surface area contributed by atoms with Gasteiger partial charge < -0.3 is 10.7 Å². The lowest BCUT2D eigenvalue weighted by Gasteiger charge is -2.17. The van der Waals surface area contributed by atoms with Gasteiger partial charge in [-0.2, -0.15) is 5.10 Å². The first-order valence-corrected chi connectivity index (χ1v) is 8.35. The van der Waals surface area contributed by atoms with Crippen molar-refractivity contribution in [3.05, 3.63) is 77.3 Å². The number of aromatic nitrogens is 3. The number of carbonyl (C=O) groups is 1. The zero-order valence-electron chi connectivity index (χ0n) is 14.7. The second-order valence-corrected chi connectivity index (χ2v) is 6.18. The minimum atomic E-state index is -0.350. The number of aryl methyl sites for hydroxylation is 1. The zero-order chi connectivity index (χ0) is 19.0. The van der Waals surface area contributed by atoms with Crippen molar-refractivity contribution in [2.24, 2.45) is 0 Å². The molecule has 0 saturated heterocycles. The van der Waals surface area contributed by atoms with Crippen molar-refractivity contribution >= 4 is 11.6 Å². The minimum absolute atomic E-state index is 0.317. The van der Waals surface area contributed by atoms with Crippen LogP contribution in [0.4, 0.5) is 4.39 Å². The van der Waals surface area contributed by atoms with E-state index in [2.05, 4.69) is 26.3 Å². The van der Waals surface area contributed by atoms with Crippen LogP contribution < -0.4 is 16.2 Å². The summed E-state index contributed by atoms with van der Waals surface area (Å²) in [5.74, 6) is -0.182. The summed E-state index contributed by atoms with van der Waals surface area (Å²) >= 11 is 0. The van der Waals surface area contributed by atoms with Crippen molar-refractivity contribution in [2.75, 3.05) is 0 Å². The Bertz CT molecular complexity index is 1110. The second kappa shape index (κ2) is 6.56. The van der Waals surface area contributed by atoms with Gasteiger partial charge in [-0.05, 0) is 50.3 Å². The third-order valence-corrected chi connectivity index (χ3v) is 4.13. The van der Waals surface area contributed by atoms with Crippen LogP contribution in [-0.4, -0.2) is 20.5 Å². The molecule has 0 aliphatic carbocycles. The Morgan fingerprint density at radius 3 is 2.74 bits per heavy atom. The summed E-state index contributed by atoms with van der Waals surface area (Å²) in [5, 5.41) is 7.28. The number of benzene rings is 1. The number of halogens is 1. The monoisotopic (exact) mass is 364 g/mol. The van der Waals surface area contributed by atoms with Crippen LogP contribution in [0.3, 0.4) is 0 Å². The van der Waals surface area contributed by atoms with Crippen molar-refractivity contribution in [3.63, 3.8) is 0 Å². The summed E-state index contributed by atoms with van der Waals surface area (Å²) in [7, 11) is 0. The zero-order valence-corrected chi connectivity index (χ0v) is 14.7. The molecule has 0 fully saturated rings. The summed E-state index contributed by atoms with van der Waals surface area (Å²) in [5.41, 5.74) is 9.32. The molecule has 1 aromatic carbocycles. The summed E-state index contributed by atoms with van der Waals surface area (Å²) in [6, 6.07) is 9.65. The fourth-order valence-electron chi connectivity index (χ4n) is 2.82. The number of amides is 1. The molecule has 8 heteroatoms. The highest BCUT2D eigenvalue weighted by Crippen LogP contribution is 2.20. The van der Waals surface area contributed by atoms with E-state index in [0.29, 0.717) is 34.1 Å². The Labute approximate surface area is 154 Å². The molecule has 3 N–H and O–H groups in total. The number of hydrazine groups is 1. The van der Waals surface area contributed by atoms with Gasteiger partial charge in [-0.1, -0.05) is 12.1 Å². The van der Waals surface area contributed by atoms with Crippen molar-refractivity contribution in [1.29, 1.82) is 0 Å². The molecule has 0 saturated carbocycles.